The summed E-state index contributed by atoms with van der Waals surface area (Å²) in [7, 11) is 0. The van der Waals surface area contributed by atoms with Crippen LogP contribution in [0.25, 0.3) is 0 Å². The summed E-state index contributed by atoms with van der Waals surface area (Å²) >= 11 is 16.2. The number of hydrazone groups is 1. The van der Waals surface area contributed by atoms with Crippen LogP contribution in [0.1, 0.15) is 50.6 Å². The zero-order valence-electron chi connectivity index (χ0n) is 18.0. The first-order valence-corrected chi connectivity index (χ1v) is 12.7. The Bertz CT molecular complexity index is 990. The molecule has 0 aromatic heterocycles. The molecular weight excluding hydrogens is 511 g/mol. The molecule has 1 N–H and O–H groups in total. The van der Waals surface area contributed by atoms with Crippen LogP contribution < -0.4 is 10.4 Å². The van der Waals surface area contributed by atoms with Gasteiger partial charge in [-0.25, -0.2) is 5.01 Å². The van der Waals surface area contributed by atoms with Crippen LogP contribution in [0.15, 0.2) is 52.0 Å². The van der Waals surface area contributed by atoms with E-state index in [4.69, 9.17) is 28.3 Å². The number of nitrogens with zero attached hydrogens (tertiary/aromatic N) is 3. The molecule has 0 spiro atoms. The van der Waals surface area contributed by atoms with Gasteiger partial charge in [0, 0.05) is 28.5 Å². The van der Waals surface area contributed by atoms with Gasteiger partial charge in [-0.05, 0) is 55.2 Å². The summed E-state index contributed by atoms with van der Waals surface area (Å²) in [4.78, 5) is 13.4. The number of hydrazine groups is 1. The minimum absolute atomic E-state index is 0.0742. The van der Waals surface area contributed by atoms with E-state index >= 15 is 0 Å². The number of nitrogens with one attached hydrogen (secondary N) is 1. The summed E-state index contributed by atoms with van der Waals surface area (Å²) in [5, 5.41) is 9.83. The van der Waals surface area contributed by atoms with Gasteiger partial charge in [0.25, 0.3) is 5.91 Å². The lowest BCUT2D eigenvalue weighted by Gasteiger charge is -2.29. The highest BCUT2D eigenvalue weighted by Crippen LogP contribution is 2.43. The molecule has 2 aromatic carbocycles. The molecule has 4 rings (SSSR count). The van der Waals surface area contributed by atoms with E-state index < -0.39 is 0 Å². The highest BCUT2D eigenvalue weighted by molar-refractivity contribution is 9.10. The highest BCUT2D eigenvalue weighted by Gasteiger charge is 2.42. The molecule has 2 heterocycles. The van der Waals surface area contributed by atoms with Crippen LogP contribution in [-0.2, 0) is 4.79 Å². The van der Waals surface area contributed by atoms with E-state index in [1.54, 1.807) is 12.1 Å². The molecule has 1 saturated heterocycles. The minimum atomic E-state index is -0.142. The normalized spacial score (nSPS) is 21.9. The van der Waals surface area contributed by atoms with Crippen molar-refractivity contribution in [1.29, 1.82) is 0 Å². The van der Waals surface area contributed by atoms with E-state index in [2.05, 4.69) is 40.4 Å². The van der Waals surface area contributed by atoms with Crippen LogP contribution in [-0.4, -0.2) is 29.7 Å². The van der Waals surface area contributed by atoms with E-state index in [0.717, 1.165) is 48.1 Å². The van der Waals surface area contributed by atoms with Gasteiger partial charge in [-0.15, -0.1) is 0 Å². The molecular formula is C24H27BrCl2N4O. The Labute approximate surface area is 207 Å². The fourth-order valence-corrected chi connectivity index (χ4v) is 5.25. The molecule has 0 aliphatic carbocycles. The number of carbonyl (C=O) groups excluding carboxylic acids is 1. The molecule has 8 heteroatoms. The molecule has 2 atom stereocenters. The van der Waals surface area contributed by atoms with Gasteiger partial charge < -0.3 is 0 Å². The van der Waals surface area contributed by atoms with E-state index in [0.29, 0.717) is 15.8 Å². The summed E-state index contributed by atoms with van der Waals surface area (Å²) in [5.41, 5.74) is 5.47. The van der Waals surface area contributed by atoms with Gasteiger partial charge in [-0.2, -0.15) is 5.10 Å². The van der Waals surface area contributed by atoms with Crippen LogP contribution >= 0.6 is 39.1 Å². The Hall–Kier alpha value is -1.60. The third-order valence-electron chi connectivity index (χ3n) is 6.12. The molecule has 0 unspecified atom stereocenters. The third kappa shape index (κ3) is 5.14. The first-order chi connectivity index (χ1) is 15.5. The summed E-state index contributed by atoms with van der Waals surface area (Å²) in [6.07, 6.45) is 5.38. The molecule has 1 fully saturated rings. The van der Waals surface area contributed by atoms with Gasteiger partial charge in [-0.3, -0.25) is 15.2 Å². The molecule has 32 heavy (non-hydrogen) atoms. The van der Waals surface area contributed by atoms with E-state index in [1.165, 1.54) is 12.8 Å². The second-order valence-electron chi connectivity index (χ2n) is 8.28. The predicted molar refractivity (Wildman–Crippen MR) is 135 cm³/mol. The van der Waals surface area contributed by atoms with Crippen LogP contribution in [0.2, 0.25) is 10.0 Å². The average molecular weight is 538 g/mol. The number of rotatable bonds is 5. The smallest absolute Gasteiger partial charge is 0.282 e. The quantitative estimate of drug-likeness (QED) is 0.467. The minimum Gasteiger partial charge on any atom is -0.284 e. The van der Waals surface area contributed by atoms with Crippen LogP contribution in [0.3, 0.4) is 0 Å². The van der Waals surface area contributed by atoms with Gasteiger partial charge in [0.15, 0.2) is 0 Å². The first-order valence-electron chi connectivity index (χ1n) is 11.1. The number of benzene rings is 2. The summed E-state index contributed by atoms with van der Waals surface area (Å²) in [6, 6.07) is 13.4. The maximum Gasteiger partial charge on any atom is 0.282 e. The largest absolute Gasteiger partial charge is 0.284 e. The van der Waals surface area contributed by atoms with Crippen molar-refractivity contribution < 1.29 is 4.79 Å². The van der Waals surface area contributed by atoms with Crippen LogP contribution in [0, 0.1) is 5.92 Å². The van der Waals surface area contributed by atoms with E-state index in [-0.39, 0.29) is 17.9 Å². The number of hydrogen-bond donors (Lipinski definition) is 1. The molecule has 2 aliphatic rings. The molecule has 0 bridgehead atoms. The Morgan fingerprint density at radius 3 is 2.41 bits per heavy atom. The molecule has 2 aromatic rings. The number of carbonyl (C=O) groups is 1. The molecule has 5 nitrogen and oxygen atoms in total. The van der Waals surface area contributed by atoms with Crippen molar-refractivity contribution in [3.8, 4) is 0 Å². The number of anilines is 1. The molecule has 0 radical (unpaired) electrons. The topological polar surface area (TPSA) is 47.9 Å². The Morgan fingerprint density at radius 2 is 1.78 bits per heavy atom. The van der Waals surface area contributed by atoms with Crippen molar-refractivity contribution >= 4 is 56.4 Å². The van der Waals surface area contributed by atoms with E-state index in [9.17, 15) is 4.79 Å². The van der Waals surface area contributed by atoms with Gasteiger partial charge in [0.1, 0.15) is 5.71 Å². The standard InChI is InChI=1S/C24H27BrCl2N4O/c1-2-19-22(24(32)29-30-13-5-3-4-6-14-30)28-31(21-12-11-18(26)15-20(21)27)23(19)16-7-9-17(25)10-8-16/h7-12,15,19,23H,2-6,13-14H2,1H3,(H,29,32)/t19-,23+/m1/s1. The van der Waals surface area contributed by atoms with Crippen molar-refractivity contribution in [3.05, 3.63) is 62.5 Å². The fraction of sp³-hybridized carbons (Fsp3) is 0.417. The second kappa shape index (κ2) is 10.6. The van der Waals surface area contributed by atoms with Crippen molar-refractivity contribution in [3.63, 3.8) is 0 Å². The Balaban J connectivity index is 1.70. The lowest BCUT2D eigenvalue weighted by atomic mass is 9.87. The molecule has 1 amide bonds. The maximum atomic E-state index is 13.4. The van der Waals surface area contributed by atoms with E-state index in [1.807, 2.05) is 28.2 Å². The van der Waals surface area contributed by atoms with Gasteiger partial charge in [0.05, 0.1) is 16.8 Å². The van der Waals surface area contributed by atoms with Gasteiger partial charge in [-0.1, -0.05) is 71.0 Å². The first kappa shape index (κ1) is 23.6. The molecule has 2 aliphatic heterocycles. The summed E-state index contributed by atoms with van der Waals surface area (Å²) in [6.45, 7) is 3.84. The van der Waals surface area contributed by atoms with Crippen LogP contribution in [0.4, 0.5) is 5.69 Å². The van der Waals surface area contributed by atoms with Crippen molar-refractivity contribution in [2.75, 3.05) is 18.1 Å². The van der Waals surface area contributed by atoms with Crippen molar-refractivity contribution in [1.82, 2.24) is 10.4 Å². The monoisotopic (exact) mass is 536 g/mol. The second-order valence-corrected chi connectivity index (χ2v) is 10.0. The zero-order chi connectivity index (χ0) is 22.7. The predicted octanol–water partition coefficient (Wildman–Crippen LogP) is 6.61. The Morgan fingerprint density at radius 1 is 1.09 bits per heavy atom. The van der Waals surface area contributed by atoms with Crippen molar-refractivity contribution in [2.24, 2.45) is 11.0 Å². The maximum absolute atomic E-state index is 13.4. The third-order valence-corrected chi connectivity index (χ3v) is 7.18. The summed E-state index contributed by atoms with van der Waals surface area (Å²) < 4.78 is 1.00. The molecule has 170 valence electrons. The Kier molecular flexibility index (Phi) is 7.77. The fourth-order valence-electron chi connectivity index (χ4n) is 4.49. The number of halogens is 3. The summed E-state index contributed by atoms with van der Waals surface area (Å²) in [5.74, 6) is -0.205. The lowest BCUT2D eigenvalue weighted by molar-refractivity contribution is -0.119. The van der Waals surface area contributed by atoms with Gasteiger partial charge >= 0.3 is 0 Å². The zero-order valence-corrected chi connectivity index (χ0v) is 21.1. The highest BCUT2D eigenvalue weighted by atomic mass is 79.9. The van der Waals surface area contributed by atoms with Gasteiger partial charge in [0.2, 0.25) is 0 Å². The number of amides is 1. The van der Waals surface area contributed by atoms with Crippen LogP contribution in [0.5, 0.6) is 0 Å². The lowest BCUT2D eigenvalue weighted by Crippen LogP contribution is -2.47. The molecule has 0 saturated carbocycles. The average Bonchev–Trinajstić information content (AvgIpc) is 2.96. The number of hydrogen-bond acceptors (Lipinski definition) is 4. The van der Waals surface area contributed by atoms with Crippen molar-refractivity contribution in [2.45, 2.75) is 45.1 Å². The SMILES string of the molecule is CC[C@@H]1C(C(=O)NN2CCCCCC2)=NN(c2ccc(Cl)cc2Cl)[C@H]1c1ccc(Br)cc1.